The number of likely N-dealkylation sites (tertiary alicyclic amines) is 1. The van der Waals surface area contributed by atoms with Crippen LogP contribution in [0.5, 0.6) is 0 Å². The highest BCUT2D eigenvalue weighted by atomic mass is 79.9. The maximum atomic E-state index is 12.2. The van der Waals surface area contributed by atoms with Gasteiger partial charge in [-0.25, -0.2) is 0 Å². The van der Waals surface area contributed by atoms with Gasteiger partial charge < -0.3 is 10.2 Å². The summed E-state index contributed by atoms with van der Waals surface area (Å²) in [5, 5.41) is 3.04. The van der Waals surface area contributed by atoms with Gasteiger partial charge in [0.1, 0.15) is 0 Å². The lowest BCUT2D eigenvalue weighted by atomic mass is 9.92. The fraction of sp³-hybridized carbons (Fsp3) is 0.588. The van der Waals surface area contributed by atoms with Gasteiger partial charge in [0.15, 0.2) is 0 Å². The standard InChI is InChI=1S/C17H25BrN2O/c1-12-8-13(2)11-20(10-12)7-6-19-17(21)16-5-4-15(18)9-14(16)3/h4-5,9,12-13H,6-8,10-11H2,1-3H3,(H,19,21). The van der Waals surface area contributed by atoms with E-state index in [1.165, 1.54) is 6.42 Å². The van der Waals surface area contributed by atoms with E-state index >= 15 is 0 Å². The third-order valence-electron chi connectivity index (χ3n) is 4.09. The largest absolute Gasteiger partial charge is 0.351 e. The molecule has 1 saturated heterocycles. The number of halogens is 1. The summed E-state index contributed by atoms with van der Waals surface area (Å²) in [5.74, 6) is 1.55. The van der Waals surface area contributed by atoms with Crippen molar-refractivity contribution in [2.24, 2.45) is 11.8 Å². The summed E-state index contributed by atoms with van der Waals surface area (Å²) < 4.78 is 1.01. The number of rotatable bonds is 4. The van der Waals surface area contributed by atoms with E-state index in [0.29, 0.717) is 6.54 Å². The van der Waals surface area contributed by atoms with Gasteiger partial charge in [0.2, 0.25) is 0 Å². The fourth-order valence-electron chi connectivity index (χ4n) is 3.28. The Morgan fingerprint density at radius 3 is 2.62 bits per heavy atom. The Kier molecular flexibility index (Phi) is 5.82. The highest BCUT2D eigenvalue weighted by Crippen LogP contribution is 2.20. The molecular formula is C17H25BrN2O. The van der Waals surface area contributed by atoms with Crippen LogP contribution in [0.3, 0.4) is 0 Å². The van der Waals surface area contributed by atoms with Crippen LogP contribution in [0.2, 0.25) is 0 Å². The van der Waals surface area contributed by atoms with Gasteiger partial charge in [-0.15, -0.1) is 0 Å². The number of amides is 1. The summed E-state index contributed by atoms with van der Waals surface area (Å²) in [6, 6.07) is 5.76. The second-order valence-electron chi connectivity index (χ2n) is 6.42. The third kappa shape index (κ3) is 4.82. The second kappa shape index (κ2) is 7.41. The van der Waals surface area contributed by atoms with E-state index in [0.717, 1.165) is 47.1 Å². The van der Waals surface area contributed by atoms with Crippen LogP contribution < -0.4 is 5.32 Å². The van der Waals surface area contributed by atoms with E-state index in [1.807, 2.05) is 25.1 Å². The third-order valence-corrected chi connectivity index (χ3v) is 4.58. The first kappa shape index (κ1) is 16.5. The number of piperidine rings is 1. The van der Waals surface area contributed by atoms with Crippen LogP contribution in [0.15, 0.2) is 22.7 Å². The zero-order valence-corrected chi connectivity index (χ0v) is 14.7. The zero-order chi connectivity index (χ0) is 15.4. The quantitative estimate of drug-likeness (QED) is 0.899. The summed E-state index contributed by atoms with van der Waals surface area (Å²) in [5.41, 5.74) is 1.76. The smallest absolute Gasteiger partial charge is 0.251 e. The molecule has 4 heteroatoms. The molecule has 1 amide bonds. The van der Waals surface area contributed by atoms with Crippen molar-refractivity contribution < 1.29 is 4.79 Å². The molecule has 0 aromatic heterocycles. The van der Waals surface area contributed by atoms with Crippen LogP contribution in [0, 0.1) is 18.8 Å². The van der Waals surface area contributed by atoms with Crippen LogP contribution in [0.25, 0.3) is 0 Å². The predicted molar refractivity (Wildman–Crippen MR) is 90.6 cm³/mol. The highest BCUT2D eigenvalue weighted by Gasteiger charge is 2.21. The first-order chi connectivity index (χ1) is 9.95. The molecule has 2 unspecified atom stereocenters. The Balaban J connectivity index is 1.81. The maximum absolute atomic E-state index is 12.2. The van der Waals surface area contributed by atoms with Crippen molar-refractivity contribution in [3.8, 4) is 0 Å². The SMILES string of the molecule is Cc1cc(Br)ccc1C(=O)NCCN1CC(C)CC(C)C1. The van der Waals surface area contributed by atoms with Crippen molar-refractivity contribution >= 4 is 21.8 Å². The monoisotopic (exact) mass is 352 g/mol. The van der Waals surface area contributed by atoms with Crippen molar-refractivity contribution in [1.29, 1.82) is 0 Å². The van der Waals surface area contributed by atoms with E-state index < -0.39 is 0 Å². The van der Waals surface area contributed by atoms with E-state index in [9.17, 15) is 4.79 Å². The number of carbonyl (C=O) groups excluding carboxylic acids is 1. The van der Waals surface area contributed by atoms with Gasteiger partial charge in [0, 0.05) is 36.2 Å². The van der Waals surface area contributed by atoms with E-state index in [2.05, 4.69) is 40.0 Å². The lowest BCUT2D eigenvalue weighted by Crippen LogP contribution is -2.42. The lowest BCUT2D eigenvalue weighted by molar-refractivity contribution is 0.0936. The molecule has 0 spiro atoms. The predicted octanol–water partition coefficient (Wildman–Crippen LogP) is 3.47. The van der Waals surface area contributed by atoms with Crippen LogP contribution in [-0.4, -0.2) is 37.0 Å². The first-order valence-corrected chi connectivity index (χ1v) is 8.51. The molecule has 1 aliphatic heterocycles. The Hall–Kier alpha value is -0.870. The van der Waals surface area contributed by atoms with Gasteiger partial charge in [-0.2, -0.15) is 0 Å². The van der Waals surface area contributed by atoms with Gasteiger partial charge in [0.05, 0.1) is 0 Å². The van der Waals surface area contributed by atoms with Crippen LogP contribution >= 0.6 is 15.9 Å². The van der Waals surface area contributed by atoms with E-state index in [4.69, 9.17) is 0 Å². The summed E-state index contributed by atoms with van der Waals surface area (Å²) in [4.78, 5) is 14.7. The number of nitrogens with zero attached hydrogens (tertiary/aromatic N) is 1. The Morgan fingerprint density at radius 2 is 2.00 bits per heavy atom. The average molecular weight is 353 g/mol. The molecule has 1 fully saturated rings. The topological polar surface area (TPSA) is 32.3 Å². The molecule has 21 heavy (non-hydrogen) atoms. The molecule has 0 radical (unpaired) electrons. The zero-order valence-electron chi connectivity index (χ0n) is 13.2. The second-order valence-corrected chi connectivity index (χ2v) is 7.34. The highest BCUT2D eigenvalue weighted by molar-refractivity contribution is 9.10. The molecule has 3 nitrogen and oxygen atoms in total. The van der Waals surface area contributed by atoms with Crippen LogP contribution in [0.1, 0.15) is 36.2 Å². The van der Waals surface area contributed by atoms with Gasteiger partial charge in [-0.1, -0.05) is 29.8 Å². The summed E-state index contributed by atoms with van der Waals surface area (Å²) in [7, 11) is 0. The first-order valence-electron chi connectivity index (χ1n) is 7.72. The summed E-state index contributed by atoms with van der Waals surface area (Å²) in [6.07, 6.45) is 1.32. The summed E-state index contributed by atoms with van der Waals surface area (Å²) in [6.45, 7) is 10.5. The normalized spacial score (nSPS) is 23.0. The molecule has 2 atom stereocenters. The van der Waals surface area contributed by atoms with Gasteiger partial charge >= 0.3 is 0 Å². The minimum atomic E-state index is 0.0260. The number of carbonyl (C=O) groups is 1. The van der Waals surface area contributed by atoms with Crippen LogP contribution in [0.4, 0.5) is 0 Å². The molecule has 0 bridgehead atoms. The molecule has 0 saturated carbocycles. The minimum Gasteiger partial charge on any atom is -0.351 e. The number of hydrogen-bond acceptors (Lipinski definition) is 2. The number of benzene rings is 1. The van der Waals surface area contributed by atoms with E-state index in [-0.39, 0.29) is 5.91 Å². The number of nitrogens with one attached hydrogen (secondary N) is 1. The Bertz CT molecular complexity index is 494. The number of aryl methyl sites for hydroxylation is 1. The molecule has 1 aromatic rings. The van der Waals surface area contributed by atoms with Gasteiger partial charge in [-0.3, -0.25) is 4.79 Å². The van der Waals surface area contributed by atoms with E-state index in [1.54, 1.807) is 0 Å². The lowest BCUT2D eigenvalue weighted by Gasteiger charge is -2.34. The summed E-state index contributed by atoms with van der Waals surface area (Å²) >= 11 is 3.42. The molecule has 1 aliphatic rings. The van der Waals surface area contributed by atoms with Crippen molar-refractivity contribution in [3.05, 3.63) is 33.8 Å². The van der Waals surface area contributed by atoms with Crippen LogP contribution in [-0.2, 0) is 0 Å². The molecule has 116 valence electrons. The molecule has 1 N–H and O–H groups in total. The molecule has 1 aromatic carbocycles. The molecular weight excluding hydrogens is 328 g/mol. The molecule has 0 aliphatic carbocycles. The average Bonchev–Trinajstić information content (AvgIpc) is 2.37. The maximum Gasteiger partial charge on any atom is 0.251 e. The fourth-order valence-corrected chi connectivity index (χ4v) is 3.75. The van der Waals surface area contributed by atoms with Crippen molar-refractivity contribution in [1.82, 2.24) is 10.2 Å². The Morgan fingerprint density at radius 1 is 1.33 bits per heavy atom. The minimum absolute atomic E-state index is 0.0260. The molecule has 1 heterocycles. The van der Waals surface area contributed by atoms with Crippen molar-refractivity contribution in [2.45, 2.75) is 27.2 Å². The number of hydrogen-bond donors (Lipinski definition) is 1. The van der Waals surface area contributed by atoms with Gasteiger partial charge in [-0.05, 0) is 48.9 Å². The molecule has 2 rings (SSSR count). The van der Waals surface area contributed by atoms with Crippen molar-refractivity contribution in [3.63, 3.8) is 0 Å². The van der Waals surface area contributed by atoms with Crippen molar-refractivity contribution in [2.75, 3.05) is 26.2 Å². The Labute approximate surface area is 136 Å². The van der Waals surface area contributed by atoms with Gasteiger partial charge in [0.25, 0.3) is 5.91 Å².